The quantitative estimate of drug-likeness (QED) is 0.641. The number of anilines is 1. The Morgan fingerprint density at radius 1 is 1.57 bits per heavy atom. The van der Waals surface area contributed by atoms with E-state index in [2.05, 4.69) is 11.9 Å². The van der Waals surface area contributed by atoms with E-state index in [0.29, 0.717) is 11.3 Å². The maximum atomic E-state index is 10.5. The third-order valence-electron chi connectivity index (χ3n) is 1.82. The highest BCUT2D eigenvalue weighted by Crippen LogP contribution is 2.21. The van der Waals surface area contributed by atoms with Crippen molar-refractivity contribution in [2.24, 2.45) is 5.73 Å². The van der Waals surface area contributed by atoms with E-state index in [1.165, 1.54) is 0 Å². The van der Waals surface area contributed by atoms with Crippen molar-refractivity contribution in [3.63, 3.8) is 0 Å². The molecule has 0 heterocycles. The average Bonchev–Trinajstić information content (AvgIpc) is 2.16. The van der Waals surface area contributed by atoms with Crippen LogP contribution in [-0.4, -0.2) is 11.2 Å². The number of hydrogen-bond donors (Lipinski definition) is 3. The Bertz CT molecular complexity index is 350. The summed E-state index contributed by atoms with van der Waals surface area (Å²) in [5.41, 5.74) is 6.93. The topological polar surface area (TPSA) is 75.3 Å². The fourth-order valence-corrected chi connectivity index (χ4v) is 1.14. The van der Waals surface area contributed by atoms with Crippen LogP contribution in [0.1, 0.15) is 11.6 Å². The molecule has 0 aliphatic heterocycles. The van der Waals surface area contributed by atoms with Gasteiger partial charge >= 0.3 is 6.09 Å². The molecule has 0 aromatic heterocycles. The Labute approximate surface area is 82.0 Å². The zero-order chi connectivity index (χ0) is 10.6. The summed E-state index contributed by atoms with van der Waals surface area (Å²) in [5, 5.41) is 10.8. The van der Waals surface area contributed by atoms with E-state index in [1.807, 2.05) is 0 Å². The van der Waals surface area contributed by atoms with Gasteiger partial charge in [-0.2, -0.15) is 0 Å². The molecule has 14 heavy (non-hydrogen) atoms. The molecule has 1 aromatic carbocycles. The molecular weight excluding hydrogens is 180 g/mol. The third-order valence-corrected chi connectivity index (χ3v) is 1.82. The summed E-state index contributed by atoms with van der Waals surface area (Å²) in [6, 6.07) is 6.60. The van der Waals surface area contributed by atoms with Crippen LogP contribution in [0.15, 0.2) is 36.9 Å². The Morgan fingerprint density at radius 3 is 2.79 bits per heavy atom. The van der Waals surface area contributed by atoms with Crippen LogP contribution in [0.5, 0.6) is 0 Å². The van der Waals surface area contributed by atoms with Crippen LogP contribution in [0.2, 0.25) is 0 Å². The fourth-order valence-electron chi connectivity index (χ4n) is 1.14. The van der Waals surface area contributed by atoms with Gasteiger partial charge in [-0.05, 0) is 11.6 Å². The number of nitrogens with two attached hydrogens (primary N) is 1. The van der Waals surface area contributed by atoms with Gasteiger partial charge in [-0.15, -0.1) is 6.58 Å². The SMILES string of the molecule is C=CC(N)c1ccccc1NC(=O)O. The van der Waals surface area contributed by atoms with Gasteiger partial charge in [-0.3, -0.25) is 5.32 Å². The van der Waals surface area contributed by atoms with Crippen LogP contribution >= 0.6 is 0 Å². The van der Waals surface area contributed by atoms with Crippen molar-refractivity contribution in [1.82, 2.24) is 0 Å². The maximum Gasteiger partial charge on any atom is 0.409 e. The van der Waals surface area contributed by atoms with Crippen molar-refractivity contribution in [2.75, 3.05) is 5.32 Å². The van der Waals surface area contributed by atoms with Crippen LogP contribution < -0.4 is 11.1 Å². The summed E-state index contributed by atoms with van der Waals surface area (Å²) in [6.07, 6.45) is 0.455. The van der Waals surface area contributed by atoms with Crippen molar-refractivity contribution in [3.05, 3.63) is 42.5 Å². The van der Waals surface area contributed by atoms with Crippen molar-refractivity contribution >= 4 is 11.8 Å². The smallest absolute Gasteiger partial charge is 0.409 e. The molecule has 74 valence electrons. The molecule has 0 spiro atoms. The Morgan fingerprint density at radius 2 is 2.21 bits per heavy atom. The van der Waals surface area contributed by atoms with Crippen molar-refractivity contribution in [2.45, 2.75) is 6.04 Å². The van der Waals surface area contributed by atoms with E-state index in [4.69, 9.17) is 10.8 Å². The minimum atomic E-state index is -1.10. The van der Waals surface area contributed by atoms with E-state index >= 15 is 0 Å². The van der Waals surface area contributed by atoms with Crippen LogP contribution in [0.25, 0.3) is 0 Å². The summed E-state index contributed by atoms with van der Waals surface area (Å²) >= 11 is 0. The molecule has 1 atom stereocenters. The molecule has 0 bridgehead atoms. The van der Waals surface area contributed by atoms with Crippen molar-refractivity contribution in [1.29, 1.82) is 0 Å². The lowest BCUT2D eigenvalue weighted by Crippen LogP contribution is -2.13. The van der Waals surface area contributed by atoms with Gasteiger partial charge in [0.25, 0.3) is 0 Å². The largest absolute Gasteiger partial charge is 0.465 e. The number of nitrogens with one attached hydrogen (secondary N) is 1. The highest BCUT2D eigenvalue weighted by atomic mass is 16.4. The zero-order valence-electron chi connectivity index (χ0n) is 7.60. The lowest BCUT2D eigenvalue weighted by molar-refractivity contribution is 0.209. The summed E-state index contributed by atoms with van der Waals surface area (Å²) in [4.78, 5) is 10.5. The van der Waals surface area contributed by atoms with Gasteiger partial charge in [0, 0.05) is 11.7 Å². The number of carbonyl (C=O) groups is 1. The maximum absolute atomic E-state index is 10.5. The molecule has 4 N–H and O–H groups in total. The number of rotatable bonds is 3. The standard InChI is InChI=1S/C10H12N2O2/c1-2-8(11)7-5-3-4-6-9(7)12-10(13)14/h2-6,8,12H,1,11H2,(H,13,14). The molecule has 0 radical (unpaired) electrons. The number of carboxylic acid groups (broad SMARTS) is 1. The molecule has 4 nitrogen and oxygen atoms in total. The molecule has 0 fully saturated rings. The summed E-state index contributed by atoms with van der Waals surface area (Å²) in [5.74, 6) is 0. The molecule has 1 unspecified atom stereocenters. The number of para-hydroxylation sites is 1. The molecule has 1 amide bonds. The first-order chi connectivity index (χ1) is 6.65. The zero-order valence-corrected chi connectivity index (χ0v) is 7.60. The average molecular weight is 192 g/mol. The van der Waals surface area contributed by atoms with Gasteiger partial charge in [0.1, 0.15) is 0 Å². The van der Waals surface area contributed by atoms with Gasteiger partial charge in [0.15, 0.2) is 0 Å². The Hall–Kier alpha value is -1.81. The minimum Gasteiger partial charge on any atom is -0.465 e. The van der Waals surface area contributed by atoms with E-state index in [9.17, 15) is 4.79 Å². The van der Waals surface area contributed by atoms with Crippen molar-refractivity contribution < 1.29 is 9.90 Å². The van der Waals surface area contributed by atoms with Crippen molar-refractivity contribution in [3.8, 4) is 0 Å². The van der Waals surface area contributed by atoms with Crippen LogP contribution in [0.4, 0.5) is 10.5 Å². The minimum absolute atomic E-state index is 0.363. The number of amides is 1. The molecule has 1 aromatic rings. The molecule has 0 aliphatic carbocycles. The molecule has 1 rings (SSSR count). The first-order valence-corrected chi connectivity index (χ1v) is 4.12. The lowest BCUT2D eigenvalue weighted by atomic mass is 10.1. The van der Waals surface area contributed by atoms with Crippen LogP contribution in [-0.2, 0) is 0 Å². The molecule has 0 saturated carbocycles. The fraction of sp³-hybridized carbons (Fsp3) is 0.100. The third kappa shape index (κ3) is 2.34. The second kappa shape index (κ2) is 4.43. The predicted molar refractivity (Wildman–Crippen MR) is 55.2 cm³/mol. The van der Waals surface area contributed by atoms with Gasteiger partial charge in [0.2, 0.25) is 0 Å². The Kier molecular flexibility index (Phi) is 3.25. The lowest BCUT2D eigenvalue weighted by Gasteiger charge is -2.12. The van der Waals surface area contributed by atoms with Gasteiger partial charge in [-0.1, -0.05) is 24.3 Å². The normalized spacial score (nSPS) is 11.8. The monoisotopic (exact) mass is 192 g/mol. The highest BCUT2D eigenvalue weighted by Gasteiger charge is 2.08. The van der Waals surface area contributed by atoms with Gasteiger partial charge < -0.3 is 10.8 Å². The summed E-state index contributed by atoms with van der Waals surface area (Å²) in [7, 11) is 0. The van der Waals surface area contributed by atoms with E-state index in [-0.39, 0.29) is 6.04 Å². The first-order valence-electron chi connectivity index (χ1n) is 4.12. The van der Waals surface area contributed by atoms with Crippen LogP contribution in [0, 0.1) is 0 Å². The summed E-state index contributed by atoms with van der Waals surface area (Å²) < 4.78 is 0. The number of hydrogen-bond acceptors (Lipinski definition) is 2. The molecule has 0 aliphatic rings. The Balaban J connectivity index is 3.02. The van der Waals surface area contributed by atoms with Crippen LogP contribution in [0.3, 0.4) is 0 Å². The van der Waals surface area contributed by atoms with E-state index < -0.39 is 6.09 Å². The first kappa shape index (κ1) is 10.3. The van der Waals surface area contributed by atoms with Gasteiger partial charge in [0.05, 0.1) is 0 Å². The second-order valence-electron chi connectivity index (χ2n) is 2.78. The van der Waals surface area contributed by atoms with Gasteiger partial charge in [-0.25, -0.2) is 4.79 Å². The highest BCUT2D eigenvalue weighted by molar-refractivity contribution is 5.84. The second-order valence-corrected chi connectivity index (χ2v) is 2.78. The summed E-state index contributed by atoms with van der Waals surface area (Å²) in [6.45, 7) is 3.56. The number of benzene rings is 1. The molecule has 4 heteroatoms. The predicted octanol–water partition coefficient (Wildman–Crippen LogP) is 1.96. The van der Waals surface area contributed by atoms with E-state index in [0.717, 1.165) is 0 Å². The van der Waals surface area contributed by atoms with E-state index in [1.54, 1.807) is 30.3 Å². The molecular formula is C10H12N2O2. The molecule has 0 saturated heterocycles.